The summed E-state index contributed by atoms with van der Waals surface area (Å²) in [6.45, 7) is 4.65. The minimum Gasteiger partial charge on any atom is -0.496 e. The second-order valence-corrected chi connectivity index (χ2v) is 10.6. The summed E-state index contributed by atoms with van der Waals surface area (Å²) in [7, 11) is 3.22. The zero-order valence-corrected chi connectivity index (χ0v) is 22.9. The summed E-state index contributed by atoms with van der Waals surface area (Å²) in [5.74, 6) is 0.556. The molecule has 2 aromatic carbocycles. The van der Waals surface area contributed by atoms with Gasteiger partial charge in [-0.25, -0.2) is 13.2 Å². The van der Waals surface area contributed by atoms with Gasteiger partial charge >= 0.3 is 0 Å². The highest BCUT2D eigenvalue weighted by atomic mass is 32.2. The lowest BCUT2D eigenvalue weighted by atomic mass is 9.69. The maximum atomic E-state index is 12.6. The van der Waals surface area contributed by atoms with E-state index in [2.05, 4.69) is 34.3 Å². The quantitative estimate of drug-likeness (QED) is 0.459. The van der Waals surface area contributed by atoms with Gasteiger partial charge in [0.2, 0.25) is 0 Å². The third-order valence-corrected chi connectivity index (χ3v) is 8.16. The fourth-order valence-electron chi connectivity index (χ4n) is 4.80. The molecule has 8 nitrogen and oxygen atoms in total. The number of methoxy groups -OCH3 is 2. The number of carbonyl (C=O) groups excluding carboxylic acids is 1. The molecule has 2 aliphatic rings. The first-order valence-corrected chi connectivity index (χ1v) is 14.1. The predicted molar refractivity (Wildman–Crippen MR) is 147 cm³/mol. The van der Waals surface area contributed by atoms with Crippen LogP contribution in [0.3, 0.4) is 0 Å². The van der Waals surface area contributed by atoms with E-state index >= 15 is 0 Å². The molecule has 0 spiro atoms. The average molecular weight is 532 g/mol. The average Bonchev–Trinajstić information content (AvgIpc) is 2.97. The Hall–Kier alpha value is -2.30. The fraction of sp³-hybridized carbons (Fsp3) is 0.536. The Kier molecular flexibility index (Phi) is 12.5. The highest BCUT2D eigenvalue weighted by Crippen LogP contribution is 2.39. The van der Waals surface area contributed by atoms with Crippen molar-refractivity contribution in [1.29, 1.82) is 0 Å². The maximum Gasteiger partial charge on any atom is 0.255 e. The van der Waals surface area contributed by atoms with Gasteiger partial charge in [-0.15, -0.1) is 0 Å². The standard InChI is InChI=1S/C21H25NO2.C7H16N2O3S/c1-24-19-13-7-6-12-18(19)20(23)22-16-21(14-8-3-9-15-21)17-10-4-2-5-11-17;1-11-5-2-8-13(10)9-3-6-12-7-4-9/h2,4-7,10-13H,3,8-9,14-16H2,1H3,(H,22,23);8H,2-7H2,1H3. The summed E-state index contributed by atoms with van der Waals surface area (Å²) < 4.78 is 31.5. The lowest BCUT2D eigenvalue weighted by molar-refractivity contribution is 0.0747. The number of morpholine rings is 1. The predicted octanol–water partition coefficient (Wildman–Crippen LogP) is 3.46. The molecule has 2 aromatic rings. The number of nitrogens with zero attached hydrogens (tertiary/aromatic N) is 1. The van der Waals surface area contributed by atoms with Crippen molar-refractivity contribution in [1.82, 2.24) is 14.3 Å². The molecule has 1 saturated carbocycles. The van der Waals surface area contributed by atoms with Crippen LogP contribution in [0.25, 0.3) is 0 Å². The maximum absolute atomic E-state index is 12.6. The SMILES string of the molecule is COCCNS(=O)N1CCOCC1.COc1ccccc1C(=O)NCC1(c2ccccc2)CCCCC1. The number of benzene rings is 2. The van der Waals surface area contributed by atoms with Crippen LogP contribution in [0.4, 0.5) is 0 Å². The van der Waals surface area contributed by atoms with Crippen LogP contribution in [0.1, 0.15) is 48.0 Å². The van der Waals surface area contributed by atoms with Crippen molar-refractivity contribution < 1.29 is 23.2 Å². The molecule has 2 fully saturated rings. The molecule has 1 aliphatic heterocycles. The molecule has 1 atom stereocenters. The molecule has 204 valence electrons. The first-order valence-electron chi connectivity index (χ1n) is 13.0. The third-order valence-electron chi connectivity index (χ3n) is 6.87. The second kappa shape index (κ2) is 15.8. The van der Waals surface area contributed by atoms with Crippen molar-refractivity contribution in [2.75, 3.05) is 60.2 Å². The largest absolute Gasteiger partial charge is 0.496 e. The highest BCUT2D eigenvalue weighted by molar-refractivity contribution is 7.80. The van der Waals surface area contributed by atoms with Crippen LogP contribution in [-0.4, -0.2) is 74.6 Å². The van der Waals surface area contributed by atoms with E-state index in [1.807, 2.05) is 34.6 Å². The third kappa shape index (κ3) is 8.90. The molecular formula is C28H41N3O5S. The van der Waals surface area contributed by atoms with E-state index in [1.54, 1.807) is 14.2 Å². The van der Waals surface area contributed by atoms with E-state index in [-0.39, 0.29) is 11.3 Å². The van der Waals surface area contributed by atoms with Gasteiger partial charge in [0, 0.05) is 38.7 Å². The van der Waals surface area contributed by atoms with Gasteiger partial charge in [-0.3, -0.25) is 4.79 Å². The molecule has 1 unspecified atom stereocenters. The smallest absolute Gasteiger partial charge is 0.255 e. The number of para-hydroxylation sites is 1. The number of rotatable bonds is 10. The topological polar surface area (TPSA) is 89.1 Å². The molecule has 1 heterocycles. The van der Waals surface area contributed by atoms with E-state index < -0.39 is 11.2 Å². The number of ether oxygens (including phenoxy) is 3. The Morgan fingerprint density at radius 2 is 1.68 bits per heavy atom. The number of amides is 1. The minimum atomic E-state index is -1.08. The first-order chi connectivity index (χ1) is 18.1. The lowest BCUT2D eigenvalue weighted by Gasteiger charge is -2.38. The van der Waals surface area contributed by atoms with Gasteiger partial charge in [0.15, 0.2) is 11.2 Å². The van der Waals surface area contributed by atoms with E-state index in [4.69, 9.17) is 14.2 Å². The molecule has 1 aliphatic carbocycles. The van der Waals surface area contributed by atoms with Gasteiger partial charge in [0.05, 0.1) is 32.5 Å². The van der Waals surface area contributed by atoms with Gasteiger partial charge in [0.1, 0.15) is 5.75 Å². The summed E-state index contributed by atoms with van der Waals surface area (Å²) in [5, 5.41) is 3.16. The first kappa shape index (κ1) is 29.3. The summed E-state index contributed by atoms with van der Waals surface area (Å²) in [6, 6.07) is 18.0. The van der Waals surface area contributed by atoms with Crippen LogP contribution in [0.5, 0.6) is 5.75 Å². The van der Waals surface area contributed by atoms with E-state index in [0.717, 1.165) is 25.9 Å². The molecule has 0 bridgehead atoms. The molecular weight excluding hydrogens is 490 g/mol. The number of hydrogen-bond donors (Lipinski definition) is 2. The van der Waals surface area contributed by atoms with Gasteiger partial charge < -0.3 is 19.5 Å². The zero-order valence-electron chi connectivity index (χ0n) is 22.1. The van der Waals surface area contributed by atoms with Gasteiger partial charge in [-0.1, -0.05) is 61.7 Å². The van der Waals surface area contributed by atoms with Crippen molar-refractivity contribution in [3.05, 3.63) is 65.7 Å². The fourth-order valence-corrected chi connectivity index (χ4v) is 5.72. The minimum absolute atomic E-state index is 0.0528. The molecule has 1 saturated heterocycles. The molecule has 1 amide bonds. The Morgan fingerprint density at radius 3 is 2.35 bits per heavy atom. The molecule has 9 heteroatoms. The van der Waals surface area contributed by atoms with Gasteiger partial charge in [-0.05, 0) is 30.5 Å². The normalized spacial score (nSPS) is 18.2. The monoisotopic (exact) mass is 531 g/mol. The van der Waals surface area contributed by atoms with Crippen molar-refractivity contribution in [3.8, 4) is 5.75 Å². The number of nitrogens with one attached hydrogen (secondary N) is 2. The van der Waals surface area contributed by atoms with Gasteiger partial charge in [0.25, 0.3) is 5.91 Å². The van der Waals surface area contributed by atoms with Crippen LogP contribution in [0, 0.1) is 0 Å². The number of carbonyl (C=O) groups is 1. The van der Waals surface area contributed by atoms with Crippen molar-refractivity contribution in [3.63, 3.8) is 0 Å². The van der Waals surface area contributed by atoms with Crippen LogP contribution in [0.15, 0.2) is 54.6 Å². The Labute approximate surface area is 223 Å². The van der Waals surface area contributed by atoms with Crippen molar-refractivity contribution in [2.45, 2.75) is 37.5 Å². The molecule has 0 aromatic heterocycles. The molecule has 0 radical (unpaired) electrons. The van der Waals surface area contributed by atoms with Crippen LogP contribution in [-0.2, 0) is 26.1 Å². The van der Waals surface area contributed by atoms with Crippen molar-refractivity contribution in [2.24, 2.45) is 0 Å². The van der Waals surface area contributed by atoms with Crippen LogP contribution < -0.4 is 14.8 Å². The summed E-state index contributed by atoms with van der Waals surface area (Å²) in [4.78, 5) is 12.6. The summed E-state index contributed by atoms with van der Waals surface area (Å²) in [5.41, 5.74) is 1.99. The van der Waals surface area contributed by atoms with E-state index in [9.17, 15) is 9.00 Å². The van der Waals surface area contributed by atoms with Crippen LogP contribution in [0.2, 0.25) is 0 Å². The molecule has 4 rings (SSSR count). The summed E-state index contributed by atoms with van der Waals surface area (Å²) in [6.07, 6.45) is 5.99. The van der Waals surface area contributed by atoms with Crippen LogP contribution >= 0.6 is 0 Å². The lowest BCUT2D eigenvalue weighted by Crippen LogP contribution is -2.43. The molecule has 2 N–H and O–H groups in total. The van der Waals surface area contributed by atoms with Crippen molar-refractivity contribution >= 4 is 17.1 Å². The Morgan fingerprint density at radius 1 is 1.00 bits per heavy atom. The Bertz CT molecular complexity index is 963. The Balaban J connectivity index is 0.000000248. The zero-order chi connectivity index (χ0) is 26.3. The van der Waals surface area contributed by atoms with E-state index in [1.165, 1.54) is 24.8 Å². The highest BCUT2D eigenvalue weighted by Gasteiger charge is 2.34. The van der Waals surface area contributed by atoms with E-state index in [0.29, 0.717) is 44.2 Å². The summed E-state index contributed by atoms with van der Waals surface area (Å²) >= 11 is -1.08. The second-order valence-electron chi connectivity index (χ2n) is 9.27. The van der Waals surface area contributed by atoms with Gasteiger partial charge in [-0.2, -0.15) is 0 Å². The molecule has 37 heavy (non-hydrogen) atoms. The number of hydrogen-bond acceptors (Lipinski definition) is 5.